The van der Waals surface area contributed by atoms with Gasteiger partial charge < -0.3 is 4.74 Å². The lowest BCUT2D eigenvalue weighted by atomic mass is 10.1. The molecular formula is C27H20IN3O3S. The zero-order valence-electron chi connectivity index (χ0n) is 18.7. The zero-order chi connectivity index (χ0) is 24.9. The molecule has 1 aliphatic rings. The molecule has 1 saturated heterocycles. The van der Waals surface area contributed by atoms with E-state index in [-0.39, 0.29) is 17.3 Å². The number of rotatable bonds is 6. The molecule has 0 radical (unpaired) electrons. The van der Waals surface area contributed by atoms with Crippen LogP contribution < -0.4 is 15.0 Å². The summed E-state index contributed by atoms with van der Waals surface area (Å²) in [6, 6.07) is 22.3. The first-order valence-corrected chi connectivity index (χ1v) is 12.3. The molecule has 1 aliphatic heterocycles. The maximum Gasteiger partial charge on any atom is 0.270 e. The number of aryl methyl sites for hydroxylation is 1. The molecule has 4 rings (SSSR count). The van der Waals surface area contributed by atoms with E-state index in [0.29, 0.717) is 22.6 Å². The molecule has 0 aliphatic carbocycles. The first kappa shape index (κ1) is 24.6. The molecule has 1 fully saturated rings. The van der Waals surface area contributed by atoms with E-state index < -0.39 is 11.8 Å². The molecule has 0 unspecified atom stereocenters. The van der Waals surface area contributed by atoms with E-state index in [1.807, 2.05) is 48.5 Å². The Morgan fingerprint density at radius 1 is 1.11 bits per heavy atom. The fourth-order valence-electron chi connectivity index (χ4n) is 3.57. The summed E-state index contributed by atoms with van der Waals surface area (Å²) in [7, 11) is 0. The molecule has 1 heterocycles. The largest absolute Gasteiger partial charge is 0.488 e. The van der Waals surface area contributed by atoms with Crippen LogP contribution >= 0.6 is 34.8 Å². The number of benzene rings is 3. The molecular weight excluding hydrogens is 573 g/mol. The molecule has 0 saturated carbocycles. The van der Waals surface area contributed by atoms with Crippen LogP contribution in [0.4, 0.5) is 5.69 Å². The minimum atomic E-state index is -0.537. The first-order chi connectivity index (χ1) is 16.9. The maximum absolute atomic E-state index is 13.2. The molecule has 3 aromatic rings. The van der Waals surface area contributed by atoms with Crippen molar-refractivity contribution >= 4 is 63.5 Å². The van der Waals surface area contributed by atoms with Gasteiger partial charge in [0.1, 0.15) is 17.9 Å². The van der Waals surface area contributed by atoms with Crippen molar-refractivity contribution in [2.24, 2.45) is 0 Å². The van der Waals surface area contributed by atoms with Gasteiger partial charge in [0.2, 0.25) is 0 Å². The Morgan fingerprint density at radius 3 is 2.54 bits per heavy atom. The number of carbonyl (C=O) groups is 2. The SMILES string of the molecule is CCc1ccc(N2C(=O)/C(=C/c3ccc(OCc4ccccc4C#N)c(I)c3)C(=O)NC2=S)cc1. The number of halogens is 1. The number of hydrogen-bond acceptors (Lipinski definition) is 5. The van der Waals surface area contributed by atoms with Gasteiger partial charge in [0.05, 0.1) is 20.9 Å². The molecule has 2 amide bonds. The Bertz CT molecular complexity index is 1390. The van der Waals surface area contributed by atoms with Gasteiger partial charge in [-0.25, -0.2) is 0 Å². The van der Waals surface area contributed by atoms with Crippen LogP contribution in [0, 0.1) is 14.9 Å². The summed E-state index contributed by atoms with van der Waals surface area (Å²) in [4.78, 5) is 27.2. The third-order valence-corrected chi connectivity index (χ3v) is 6.62. The third-order valence-electron chi connectivity index (χ3n) is 5.49. The summed E-state index contributed by atoms with van der Waals surface area (Å²) in [6.45, 7) is 2.31. The number of anilines is 1. The highest BCUT2D eigenvalue weighted by molar-refractivity contribution is 14.1. The van der Waals surface area contributed by atoms with Crippen LogP contribution in [0.25, 0.3) is 6.08 Å². The maximum atomic E-state index is 13.2. The van der Waals surface area contributed by atoms with Crippen LogP contribution in [-0.2, 0) is 22.6 Å². The molecule has 3 aromatic carbocycles. The van der Waals surface area contributed by atoms with E-state index in [9.17, 15) is 14.9 Å². The second kappa shape index (κ2) is 10.8. The summed E-state index contributed by atoms with van der Waals surface area (Å²) >= 11 is 7.41. The van der Waals surface area contributed by atoms with Crippen molar-refractivity contribution in [1.29, 1.82) is 5.26 Å². The lowest BCUT2D eigenvalue weighted by molar-refractivity contribution is -0.122. The molecule has 8 heteroatoms. The molecule has 1 N–H and O–H groups in total. The van der Waals surface area contributed by atoms with Gasteiger partial charge in [-0.1, -0.05) is 43.3 Å². The quantitative estimate of drug-likeness (QED) is 0.186. The molecule has 35 heavy (non-hydrogen) atoms. The Hall–Kier alpha value is -3.55. The predicted octanol–water partition coefficient (Wildman–Crippen LogP) is 5.14. The average Bonchev–Trinajstić information content (AvgIpc) is 2.86. The third kappa shape index (κ3) is 5.42. The van der Waals surface area contributed by atoms with Crippen molar-refractivity contribution in [2.45, 2.75) is 20.0 Å². The molecule has 0 bridgehead atoms. The van der Waals surface area contributed by atoms with Crippen LogP contribution in [0.2, 0.25) is 0 Å². The van der Waals surface area contributed by atoms with E-state index in [2.05, 4.69) is 40.9 Å². The monoisotopic (exact) mass is 593 g/mol. The number of nitrogens with one attached hydrogen (secondary N) is 1. The summed E-state index contributed by atoms with van der Waals surface area (Å²) in [6.07, 6.45) is 2.42. The molecule has 0 aromatic heterocycles. The van der Waals surface area contributed by atoms with Crippen LogP contribution in [0.15, 0.2) is 72.3 Å². The van der Waals surface area contributed by atoms with Crippen LogP contribution in [0.5, 0.6) is 5.75 Å². The normalized spacial score (nSPS) is 14.6. The van der Waals surface area contributed by atoms with Crippen LogP contribution in [-0.4, -0.2) is 16.9 Å². The zero-order valence-corrected chi connectivity index (χ0v) is 21.7. The highest BCUT2D eigenvalue weighted by Gasteiger charge is 2.34. The first-order valence-electron chi connectivity index (χ1n) is 10.8. The van der Waals surface area contributed by atoms with Gasteiger partial charge in [0.25, 0.3) is 11.8 Å². The summed E-state index contributed by atoms with van der Waals surface area (Å²) in [5.74, 6) is -0.380. The number of amides is 2. The van der Waals surface area contributed by atoms with Crippen LogP contribution in [0.1, 0.15) is 29.2 Å². The van der Waals surface area contributed by atoms with Crippen molar-refractivity contribution < 1.29 is 14.3 Å². The average molecular weight is 593 g/mol. The van der Waals surface area contributed by atoms with Gasteiger partial charge in [0.15, 0.2) is 5.11 Å². The van der Waals surface area contributed by atoms with Gasteiger partial charge in [-0.05, 0) is 88.8 Å². The summed E-state index contributed by atoms with van der Waals surface area (Å²) in [5.41, 5.74) is 3.76. The topological polar surface area (TPSA) is 82.4 Å². The highest BCUT2D eigenvalue weighted by atomic mass is 127. The van der Waals surface area contributed by atoms with E-state index in [4.69, 9.17) is 17.0 Å². The summed E-state index contributed by atoms with van der Waals surface area (Å²) in [5, 5.41) is 11.9. The smallest absolute Gasteiger partial charge is 0.270 e. The summed E-state index contributed by atoms with van der Waals surface area (Å²) < 4.78 is 6.71. The number of nitriles is 1. The fraction of sp³-hybridized carbons (Fsp3) is 0.111. The van der Waals surface area contributed by atoms with Gasteiger partial charge in [-0.15, -0.1) is 0 Å². The number of hydrogen-bond donors (Lipinski definition) is 1. The number of carbonyl (C=O) groups excluding carboxylic acids is 2. The van der Waals surface area contributed by atoms with E-state index in [1.165, 1.54) is 4.90 Å². The minimum Gasteiger partial charge on any atom is -0.488 e. The predicted molar refractivity (Wildman–Crippen MR) is 147 cm³/mol. The molecule has 6 nitrogen and oxygen atoms in total. The van der Waals surface area contributed by atoms with Crippen molar-refractivity contribution in [2.75, 3.05) is 4.90 Å². The van der Waals surface area contributed by atoms with Crippen molar-refractivity contribution in [1.82, 2.24) is 5.32 Å². The highest BCUT2D eigenvalue weighted by Crippen LogP contribution is 2.27. The van der Waals surface area contributed by atoms with Gasteiger partial charge in [0, 0.05) is 5.56 Å². The standard InChI is InChI=1S/C27H20IN3O3S/c1-2-17-7-10-21(11-8-17)31-26(33)22(25(32)30-27(31)35)13-18-9-12-24(23(28)14-18)34-16-20-6-4-3-5-19(20)15-29/h3-14H,2,16H2,1H3,(H,30,32,35)/b22-13+. The number of thiocarbonyl (C=S) groups is 1. The van der Waals surface area contributed by atoms with E-state index in [1.54, 1.807) is 24.3 Å². The van der Waals surface area contributed by atoms with E-state index >= 15 is 0 Å². The van der Waals surface area contributed by atoms with Crippen molar-refractivity contribution in [3.05, 3.63) is 98.1 Å². The molecule has 174 valence electrons. The number of nitrogens with zero attached hydrogens (tertiary/aromatic N) is 2. The Balaban J connectivity index is 1.56. The fourth-order valence-corrected chi connectivity index (χ4v) is 4.55. The molecule has 0 spiro atoms. The lowest BCUT2D eigenvalue weighted by Gasteiger charge is -2.29. The second-order valence-electron chi connectivity index (χ2n) is 7.73. The van der Waals surface area contributed by atoms with Gasteiger partial charge >= 0.3 is 0 Å². The Kier molecular flexibility index (Phi) is 7.58. The molecule has 0 atom stereocenters. The second-order valence-corrected chi connectivity index (χ2v) is 9.27. The number of ether oxygens (including phenoxy) is 1. The Morgan fingerprint density at radius 2 is 1.86 bits per heavy atom. The lowest BCUT2D eigenvalue weighted by Crippen LogP contribution is -2.54. The Labute approximate surface area is 222 Å². The van der Waals surface area contributed by atoms with Crippen LogP contribution in [0.3, 0.4) is 0 Å². The minimum absolute atomic E-state index is 0.00872. The van der Waals surface area contributed by atoms with Crippen molar-refractivity contribution in [3.8, 4) is 11.8 Å². The van der Waals surface area contributed by atoms with Gasteiger partial charge in [-0.2, -0.15) is 5.26 Å². The van der Waals surface area contributed by atoms with E-state index in [0.717, 1.165) is 21.1 Å². The van der Waals surface area contributed by atoms with Crippen molar-refractivity contribution in [3.63, 3.8) is 0 Å². The van der Waals surface area contributed by atoms with Gasteiger partial charge in [-0.3, -0.25) is 19.8 Å².